The van der Waals surface area contributed by atoms with Gasteiger partial charge >= 0.3 is 0 Å². The zero-order chi connectivity index (χ0) is 13.9. The summed E-state index contributed by atoms with van der Waals surface area (Å²) in [5.74, 6) is 1.02. The minimum absolute atomic E-state index is 0.448. The van der Waals surface area contributed by atoms with Gasteiger partial charge in [0.1, 0.15) is 5.82 Å². The standard InChI is InChI=1S/C15H23N3O2/c1-12(19)13-2-3-15(16-10-13)18-5-4-14(11-18)17-6-8-20-9-7-17/h2-3,10,12,14,19H,4-9,11H2,1H3/t12-,14?/m1/s1. The van der Waals surface area contributed by atoms with Gasteiger partial charge in [0.2, 0.25) is 0 Å². The second kappa shape index (κ2) is 6.08. The highest BCUT2D eigenvalue weighted by Gasteiger charge is 2.29. The first-order valence-corrected chi connectivity index (χ1v) is 7.45. The number of morpholine rings is 1. The summed E-state index contributed by atoms with van der Waals surface area (Å²) < 4.78 is 5.42. The van der Waals surface area contributed by atoms with Crippen molar-refractivity contribution < 1.29 is 9.84 Å². The Kier molecular flexibility index (Phi) is 4.19. The molecule has 2 aliphatic heterocycles. The van der Waals surface area contributed by atoms with Crippen LogP contribution in [-0.4, -0.2) is 60.4 Å². The maximum Gasteiger partial charge on any atom is 0.128 e. The van der Waals surface area contributed by atoms with Gasteiger partial charge in [0.25, 0.3) is 0 Å². The lowest BCUT2D eigenvalue weighted by molar-refractivity contribution is 0.0209. The molecular formula is C15H23N3O2. The molecule has 0 bridgehead atoms. The first-order valence-electron chi connectivity index (χ1n) is 7.45. The maximum absolute atomic E-state index is 9.52. The molecular weight excluding hydrogens is 254 g/mol. The number of anilines is 1. The Morgan fingerprint density at radius 2 is 2.10 bits per heavy atom. The Bertz CT molecular complexity index is 429. The molecule has 0 radical (unpaired) electrons. The number of ether oxygens (including phenoxy) is 1. The van der Waals surface area contributed by atoms with Crippen LogP contribution >= 0.6 is 0 Å². The van der Waals surface area contributed by atoms with E-state index in [0.717, 1.165) is 50.8 Å². The van der Waals surface area contributed by atoms with Crippen molar-refractivity contribution in [2.45, 2.75) is 25.5 Å². The summed E-state index contributed by atoms with van der Waals surface area (Å²) in [5.41, 5.74) is 0.873. The predicted molar refractivity (Wildman–Crippen MR) is 77.9 cm³/mol. The number of rotatable bonds is 3. The van der Waals surface area contributed by atoms with Crippen molar-refractivity contribution >= 4 is 5.82 Å². The van der Waals surface area contributed by atoms with Gasteiger partial charge in [0.15, 0.2) is 0 Å². The van der Waals surface area contributed by atoms with Crippen LogP contribution in [0.2, 0.25) is 0 Å². The topological polar surface area (TPSA) is 48.8 Å². The van der Waals surface area contributed by atoms with Gasteiger partial charge in [-0.2, -0.15) is 0 Å². The molecule has 0 spiro atoms. The molecule has 20 heavy (non-hydrogen) atoms. The van der Waals surface area contributed by atoms with Crippen molar-refractivity contribution in [3.8, 4) is 0 Å². The van der Waals surface area contributed by atoms with E-state index in [1.165, 1.54) is 6.42 Å². The van der Waals surface area contributed by atoms with E-state index in [1.54, 1.807) is 13.1 Å². The van der Waals surface area contributed by atoms with Gasteiger partial charge in [-0.15, -0.1) is 0 Å². The van der Waals surface area contributed by atoms with Crippen LogP contribution in [0.3, 0.4) is 0 Å². The van der Waals surface area contributed by atoms with Crippen molar-refractivity contribution in [2.24, 2.45) is 0 Å². The van der Waals surface area contributed by atoms with Crippen LogP contribution in [0, 0.1) is 0 Å². The Morgan fingerprint density at radius 1 is 1.30 bits per heavy atom. The lowest BCUT2D eigenvalue weighted by Gasteiger charge is -2.32. The van der Waals surface area contributed by atoms with E-state index >= 15 is 0 Å². The first kappa shape index (κ1) is 13.8. The fourth-order valence-corrected chi connectivity index (χ4v) is 3.02. The lowest BCUT2D eigenvalue weighted by Crippen LogP contribution is -2.44. The molecule has 2 saturated heterocycles. The minimum Gasteiger partial charge on any atom is -0.389 e. The molecule has 5 nitrogen and oxygen atoms in total. The molecule has 0 aliphatic carbocycles. The van der Waals surface area contributed by atoms with Crippen LogP contribution in [0.25, 0.3) is 0 Å². The highest BCUT2D eigenvalue weighted by atomic mass is 16.5. The van der Waals surface area contributed by atoms with Crippen LogP contribution in [0.5, 0.6) is 0 Å². The molecule has 5 heteroatoms. The zero-order valence-electron chi connectivity index (χ0n) is 12.0. The fourth-order valence-electron chi connectivity index (χ4n) is 3.02. The van der Waals surface area contributed by atoms with E-state index < -0.39 is 6.10 Å². The summed E-state index contributed by atoms with van der Waals surface area (Å²) in [4.78, 5) is 9.36. The Labute approximate surface area is 120 Å². The van der Waals surface area contributed by atoms with Gasteiger partial charge in [0.05, 0.1) is 19.3 Å². The van der Waals surface area contributed by atoms with Crippen molar-refractivity contribution in [3.63, 3.8) is 0 Å². The molecule has 2 fully saturated rings. The fraction of sp³-hybridized carbons (Fsp3) is 0.667. The number of aliphatic hydroxyl groups is 1. The summed E-state index contributed by atoms with van der Waals surface area (Å²) in [6.45, 7) is 7.68. The molecule has 1 aromatic rings. The lowest BCUT2D eigenvalue weighted by atomic mass is 10.2. The van der Waals surface area contributed by atoms with Crippen molar-refractivity contribution in [1.29, 1.82) is 0 Å². The molecule has 1 aromatic heterocycles. The van der Waals surface area contributed by atoms with E-state index in [0.29, 0.717) is 6.04 Å². The monoisotopic (exact) mass is 277 g/mol. The molecule has 0 saturated carbocycles. The van der Waals surface area contributed by atoms with Gasteiger partial charge in [-0.3, -0.25) is 4.90 Å². The third kappa shape index (κ3) is 2.95. The summed E-state index contributed by atoms with van der Waals surface area (Å²) in [5, 5.41) is 9.52. The van der Waals surface area contributed by atoms with Crippen molar-refractivity contribution in [1.82, 2.24) is 9.88 Å². The van der Waals surface area contributed by atoms with E-state index in [1.807, 2.05) is 12.1 Å². The van der Waals surface area contributed by atoms with Gasteiger partial charge in [-0.25, -0.2) is 4.98 Å². The Balaban J connectivity index is 1.61. The van der Waals surface area contributed by atoms with Gasteiger partial charge < -0.3 is 14.7 Å². The van der Waals surface area contributed by atoms with Crippen molar-refractivity contribution in [3.05, 3.63) is 23.9 Å². The molecule has 3 rings (SSSR count). The average Bonchev–Trinajstić information content (AvgIpc) is 2.98. The van der Waals surface area contributed by atoms with Crippen LogP contribution in [-0.2, 0) is 4.74 Å². The average molecular weight is 277 g/mol. The number of hydrogen-bond donors (Lipinski definition) is 1. The molecule has 1 N–H and O–H groups in total. The molecule has 1 unspecified atom stereocenters. The van der Waals surface area contributed by atoms with E-state index in [2.05, 4.69) is 14.8 Å². The minimum atomic E-state index is -0.448. The number of hydrogen-bond acceptors (Lipinski definition) is 5. The van der Waals surface area contributed by atoms with Gasteiger partial charge in [0, 0.05) is 38.4 Å². The van der Waals surface area contributed by atoms with Crippen molar-refractivity contribution in [2.75, 3.05) is 44.3 Å². The first-order chi connectivity index (χ1) is 9.74. The number of nitrogens with zero attached hydrogens (tertiary/aromatic N) is 3. The Morgan fingerprint density at radius 3 is 2.75 bits per heavy atom. The van der Waals surface area contributed by atoms with E-state index in [-0.39, 0.29) is 0 Å². The normalized spacial score (nSPS) is 25.9. The number of pyridine rings is 1. The highest BCUT2D eigenvalue weighted by molar-refractivity contribution is 5.41. The molecule has 0 amide bonds. The summed E-state index contributed by atoms with van der Waals surface area (Å²) >= 11 is 0. The maximum atomic E-state index is 9.52. The largest absolute Gasteiger partial charge is 0.389 e. The van der Waals surface area contributed by atoms with Gasteiger partial charge in [-0.1, -0.05) is 6.07 Å². The molecule has 0 aromatic carbocycles. The van der Waals surface area contributed by atoms with E-state index in [9.17, 15) is 5.11 Å². The third-order valence-corrected chi connectivity index (χ3v) is 4.30. The second-order valence-electron chi connectivity index (χ2n) is 5.66. The quantitative estimate of drug-likeness (QED) is 0.895. The number of aromatic nitrogens is 1. The van der Waals surface area contributed by atoms with Crippen LogP contribution < -0.4 is 4.90 Å². The van der Waals surface area contributed by atoms with E-state index in [4.69, 9.17) is 4.74 Å². The molecule has 3 heterocycles. The zero-order valence-corrected chi connectivity index (χ0v) is 12.0. The third-order valence-electron chi connectivity index (χ3n) is 4.30. The highest BCUT2D eigenvalue weighted by Crippen LogP contribution is 2.23. The summed E-state index contributed by atoms with van der Waals surface area (Å²) in [6, 6.07) is 4.61. The molecule has 2 aliphatic rings. The predicted octanol–water partition coefficient (Wildman–Crippen LogP) is 1.05. The SMILES string of the molecule is C[C@@H](O)c1ccc(N2CCC(N3CCOCC3)C2)nc1. The summed E-state index contributed by atoms with van der Waals surface area (Å²) in [6.07, 6.45) is 2.53. The van der Waals surface area contributed by atoms with Gasteiger partial charge in [-0.05, 0) is 25.0 Å². The summed E-state index contributed by atoms with van der Waals surface area (Å²) in [7, 11) is 0. The second-order valence-corrected chi connectivity index (χ2v) is 5.66. The van der Waals surface area contributed by atoms with Crippen LogP contribution in [0.15, 0.2) is 18.3 Å². The number of aliphatic hydroxyl groups excluding tert-OH is 1. The molecule has 2 atom stereocenters. The smallest absolute Gasteiger partial charge is 0.128 e. The molecule has 110 valence electrons. The van der Waals surface area contributed by atoms with Crippen LogP contribution in [0.4, 0.5) is 5.82 Å². The van der Waals surface area contributed by atoms with Crippen LogP contribution in [0.1, 0.15) is 25.0 Å². The Hall–Kier alpha value is -1.17.